The van der Waals surface area contributed by atoms with Crippen molar-refractivity contribution in [2.24, 2.45) is 0 Å². The molecule has 2 heterocycles. The number of amides is 1. The minimum atomic E-state index is 0.108. The van der Waals surface area contributed by atoms with Crippen LogP contribution in [-0.2, 0) is 4.79 Å². The molecule has 2 aliphatic rings. The average molecular weight is 248 g/mol. The van der Waals surface area contributed by atoms with E-state index in [9.17, 15) is 4.79 Å². The van der Waals surface area contributed by atoms with Gasteiger partial charge in [-0.2, -0.15) is 0 Å². The van der Waals surface area contributed by atoms with Crippen LogP contribution in [0.3, 0.4) is 0 Å². The molecular formula is C13H16N2OS. The molecule has 0 spiro atoms. The molecule has 2 aliphatic heterocycles. The zero-order chi connectivity index (χ0) is 11.7. The van der Waals surface area contributed by atoms with Gasteiger partial charge in [-0.25, -0.2) is 0 Å². The average Bonchev–Trinajstić information content (AvgIpc) is 2.39. The number of hydrogen-bond acceptors (Lipinski definition) is 3. The number of carbonyl (C=O) groups is 1. The Morgan fingerprint density at radius 2 is 2.06 bits per heavy atom. The van der Waals surface area contributed by atoms with Gasteiger partial charge < -0.3 is 10.6 Å². The Morgan fingerprint density at radius 3 is 2.88 bits per heavy atom. The lowest BCUT2D eigenvalue weighted by molar-refractivity contribution is -0.113. The number of fused-ring (bicyclic) bond motifs is 1. The highest BCUT2D eigenvalue weighted by Crippen LogP contribution is 2.35. The molecule has 1 saturated heterocycles. The van der Waals surface area contributed by atoms with E-state index in [1.807, 2.05) is 0 Å². The maximum Gasteiger partial charge on any atom is 0.234 e. The molecule has 2 N–H and O–H groups in total. The van der Waals surface area contributed by atoms with E-state index in [-0.39, 0.29) is 5.91 Å². The number of anilines is 1. The lowest BCUT2D eigenvalue weighted by Gasteiger charge is -2.25. The minimum absolute atomic E-state index is 0.108. The summed E-state index contributed by atoms with van der Waals surface area (Å²) in [6.45, 7) is 2.23. The molecule has 90 valence electrons. The van der Waals surface area contributed by atoms with Crippen molar-refractivity contribution in [1.29, 1.82) is 0 Å². The normalized spacial score (nSPS) is 20.8. The van der Waals surface area contributed by atoms with Gasteiger partial charge in [0.2, 0.25) is 5.91 Å². The maximum atomic E-state index is 11.3. The molecule has 0 atom stereocenters. The molecular weight excluding hydrogens is 232 g/mol. The third kappa shape index (κ3) is 2.33. The van der Waals surface area contributed by atoms with Crippen LogP contribution < -0.4 is 10.6 Å². The first-order valence-electron chi connectivity index (χ1n) is 6.10. The van der Waals surface area contributed by atoms with E-state index in [2.05, 4.69) is 28.8 Å². The van der Waals surface area contributed by atoms with Gasteiger partial charge in [0.1, 0.15) is 0 Å². The van der Waals surface area contributed by atoms with E-state index in [1.54, 1.807) is 11.8 Å². The van der Waals surface area contributed by atoms with Crippen molar-refractivity contribution >= 4 is 23.4 Å². The fourth-order valence-electron chi connectivity index (χ4n) is 2.50. The van der Waals surface area contributed by atoms with Crippen molar-refractivity contribution < 1.29 is 4.79 Å². The Morgan fingerprint density at radius 1 is 1.24 bits per heavy atom. The number of nitrogens with one attached hydrogen (secondary N) is 2. The van der Waals surface area contributed by atoms with Crippen LogP contribution in [0.5, 0.6) is 0 Å². The topological polar surface area (TPSA) is 41.1 Å². The van der Waals surface area contributed by atoms with Crippen molar-refractivity contribution in [3.05, 3.63) is 23.8 Å². The monoisotopic (exact) mass is 248 g/mol. The van der Waals surface area contributed by atoms with Gasteiger partial charge in [-0.3, -0.25) is 4.79 Å². The molecule has 0 aromatic heterocycles. The second-order valence-corrected chi connectivity index (χ2v) is 5.63. The van der Waals surface area contributed by atoms with E-state index >= 15 is 0 Å². The molecule has 0 bridgehead atoms. The molecule has 3 rings (SSSR count). The van der Waals surface area contributed by atoms with Gasteiger partial charge in [0.05, 0.1) is 11.4 Å². The Hall–Kier alpha value is -1.00. The van der Waals surface area contributed by atoms with Crippen molar-refractivity contribution in [2.45, 2.75) is 23.7 Å². The molecule has 3 nitrogen and oxygen atoms in total. The van der Waals surface area contributed by atoms with Crippen LogP contribution in [0, 0.1) is 0 Å². The van der Waals surface area contributed by atoms with Crippen molar-refractivity contribution in [3.63, 3.8) is 0 Å². The molecule has 1 aromatic carbocycles. The Bertz CT molecular complexity index is 441. The largest absolute Gasteiger partial charge is 0.324 e. The molecule has 0 saturated carbocycles. The smallest absolute Gasteiger partial charge is 0.234 e. The van der Waals surface area contributed by atoms with Crippen LogP contribution in [0.2, 0.25) is 0 Å². The van der Waals surface area contributed by atoms with Gasteiger partial charge in [-0.1, -0.05) is 6.07 Å². The van der Waals surface area contributed by atoms with E-state index < -0.39 is 0 Å². The molecule has 1 fully saturated rings. The fourth-order valence-corrected chi connectivity index (χ4v) is 3.35. The second-order valence-electron chi connectivity index (χ2n) is 4.62. The van der Waals surface area contributed by atoms with Crippen LogP contribution in [0.15, 0.2) is 23.1 Å². The van der Waals surface area contributed by atoms with Gasteiger partial charge >= 0.3 is 0 Å². The van der Waals surface area contributed by atoms with Gasteiger partial charge in [0.25, 0.3) is 0 Å². The Labute approximate surface area is 105 Å². The van der Waals surface area contributed by atoms with Gasteiger partial charge in [-0.05, 0) is 49.5 Å². The predicted octanol–water partition coefficient (Wildman–Crippen LogP) is 2.20. The molecule has 0 unspecified atom stereocenters. The quantitative estimate of drug-likeness (QED) is 0.800. The number of benzene rings is 1. The molecule has 0 aliphatic carbocycles. The standard InChI is InChI=1S/C13H16N2OS/c16-13-8-17-12-7-10(1-2-11(12)15-13)9-3-5-14-6-4-9/h1-2,7,9,14H,3-6,8H2,(H,15,16). The van der Waals surface area contributed by atoms with Crippen LogP contribution in [0.4, 0.5) is 5.69 Å². The SMILES string of the molecule is O=C1CSc2cc(C3CCNCC3)ccc2N1. The van der Waals surface area contributed by atoms with E-state index in [1.165, 1.54) is 23.3 Å². The summed E-state index contributed by atoms with van der Waals surface area (Å²) in [5.41, 5.74) is 2.40. The summed E-state index contributed by atoms with van der Waals surface area (Å²) in [5.74, 6) is 1.33. The number of piperidine rings is 1. The lowest BCUT2D eigenvalue weighted by Crippen LogP contribution is -2.26. The maximum absolute atomic E-state index is 11.3. The van der Waals surface area contributed by atoms with Crippen LogP contribution >= 0.6 is 11.8 Å². The molecule has 4 heteroatoms. The highest BCUT2D eigenvalue weighted by Gasteiger charge is 2.19. The highest BCUT2D eigenvalue weighted by molar-refractivity contribution is 8.00. The van der Waals surface area contributed by atoms with Gasteiger partial charge in [0.15, 0.2) is 0 Å². The molecule has 1 aromatic rings. The molecule has 1 amide bonds. The molecule has 0 radical (unpaired) electrons. The van der Waals surface area contributed by atoms with Crippen LogP contribution in [0.1, 0.15) is 24.3 Å². The summed E-state index contributed by atoms with van der Waals surface area (Å²) < 4.78 is 0. The third-order valence-corrected chi connectivity index (χ3v) is 4.50. The van der Waals surface area contributed by atoms with Gasteiger partial charge in [-0.15, -0.1) is 11.8 Å². The number of carbonyl (C=O) groups excluding carboxylic acids is 1. The minimum Gasteiger partial charge on any atom is -0.324 e. The number of rotatable bonds is 1. The first kappa shape index (κ1) is 11.1. The number of hydrogen-bond donors (Lipinski definition) is 2. The van der Waals surface area contributed by atoms with Crippen molar-refractivity contribution in [1.82, 2.24) is 5.32 Å². The second kappa shape index (κ2) is 4.70. The van der Waals surface area contributed by atoms with Crippen LogP contribution in [0.25, 0.3) is 0 Å². The lowest BCUT2D eigenvalue weighted by atomic mass is 9.90. The summed E-state index contributed by atoms with van der Waals surface area (Å²) in [6.07, 6.45) is 2.44. The van der Waals surface area contributed by atoms with Gasteiger partial charge in [0, 0.05) is 4.90 Å². The number of thioether (sulfide) groups is 1. The fraction of sp³-hybridized carbons (Fsp3) is 0.462. The summed E-state index contributed by atoms with van der Waals surface area (Å²) in [4.78, 5) is 12.5. The zero-order valence-electron chi connectivity index (χ0n) is 9.66. The Kier molecular flexibility index (Phi) is 3.07. The summed E-state index contributed by atoms with van der Waals surface area (Å²) in [6, 6.07) is 6.48. The summed E-state index contributed by atoms with van der Waals surface area (Å²) >= 11 is 1.65. The Balaban J connectivity index is 1.85. The third-order valence-electron chi connectivity index (χ3n) is 3.45. The first-order valence-corrected chi connectivity index (χ1v) is 7.09. The van der Waals surface area contributed by atoms with E-state index in [0.29, 0.717) is 11.7 Å². The van der Waals surface area contributed by atoms with Crippen LogP contribution in [-0.4, -0.2) is 24.7 Å². The first-order chi connectivity index (χ1) is 8.33. The zero-order valence-corrected chi connectivity index (χ0v) is 10.5. The van der Waals surface area contributed by atoms with E-state index in [0.717, 1.165) is 18.8 Å². The summed E-state index contributed by atoms with van der Waals surface area (Å²) in [7, 11) is 0. The molecule has 17 heavy (non-hydrogen) atoms. The highest BCUT2D eigenvalue weighted by atomic mass is 32.2. The summed E-state index contributed by atoms with van der Waals surface area (Å²) in [5, 5.41) is 6.31. The van der Waals surface area contributed by atoms with Crippen molar-refractivity contribution in [2.75, 3.05) is 24.2 Å². The van der Waals surface area contributed by atoms with Crippen molar-refractivity contribution in [3.8, 4) is 0 Å². The van der Waals surface area contributed by atoms with E-state index in [4.69, 9.17) is 0 Å². The predicted molar refractivity (Wildman–Crippen MR) is 70.6 cm³/mol.